The lowest BCUT2D eigenvalue weighted by Gasteiger charge is -2.35. The minimum Gasteiger partial charge on any atom is -0.497 e. The van der Waals surface area contributed by atoms with E-state index < -0.39 is 11.7 Å². The highest BCUT2D eigenvalue weighted by Gasteiger charge is 2.31. The molecule has 0 unspecified atom stereocenters. The van der Waals surface area contributed by atoms with Gasteiger partial charge in [0.2, 0.25) is 5.91 Å². The Morgan fingerprint density at radius 1 is 1.11 bits per heavy atom. The van der Waals surface area contributed by atoms with E-state index in [-0.39, 0.29) is 5.91 Å². The summed E-state index contributed by atoms with van der Waals surface area (Å²) in [5.41, 5.74) is -0.763. The molecule has 1 fully saturated rings. The third-order valence-electron chi connectivity index (χ3n) is 4.45. The largest absolute Gasteiger partial charge is 0.497 e. The molecule has 0 spiro atoms. The van der Waals surface area contributed by atoms with E-state index >= 15 is 0 Å². The molecule has 3 rings (SSSR count). The van der Waals surface area contributed by atoms with E-state index in [1.165, 1.54) is 17.8 Å². The summed E-state index contributed by atoms with van der Waals surface area (Å²) in [6, 6.07) is 9.92. The van der Waals surface area contributed by atoms with Crippen LogP contribution in [0.2, 0.25) is 0 Å². The van der Waals surface area contributed by atoms with Gasteiger partial charge in [-0.2, -0.15) is 13.2 Å². The predicted molar refractivity (Wildman–Crippen MR) is 102 cm³/mol. The molecule has 1 aromatic heterocycles. The molecule has 1 aromatic carbocycles. The van der Waals surface area contributed by atoms with E-state index in [1.54, 1.807) is 12.0 Å². The number of aromatic nitrogens is 1. The Labute approximate surface area is 165 Å². The average Bonchev–Trinajstić information content (AvgIpc) is 2.72. The Balaban J connectivity index is 1.48. The maximum atomic E-state index is 12.6. The standard InChI is InChI=1S/C19H20F3N3O2S/c1-27-15-3-5-16(6-4-15)28-13-18(26)25-10-8-24(9-11-25)17-7-2-14(12-23-17)19(20,21)22/h2-7,12H,8-11,13H2,1H3. The highest BCUT2D eigenvalue weighted by molar-refractivity contribution is 8.00. The van der Waals surface area contributed by atoms with Crippen LogP contribution in [0.15, 0.2) is 47.5 Å². The van der Waals surface area contributed by atoms with Crippen molar-refractivity contribution in [2.24, 2.45) is 0 Å². The van der Waals surface area contributed by atoms with E-state index in [1.807, 2.05) is 29.2 Å². The number of benzene rings is 1. The van der Waals surface area contributed by atoms with Gasteiger partial charge < -0.3 is 14.5 Å². The Kier molecular flexibility index (Phi) is 6.33. The van der Waals surface area contributed by atoms with E-state index in [0.29, 0.717) is 37.7 Å². The van der Waals surface area contributed by atoms with Gasteiger partial charge in [-0.1, -0.05) is 0 Å². The number of pyridine rings is 1. The van der Waals surface area contributed by atoms with Gasteiger partial charge in [-0.15, -0.1) is 11.8 Å². The monoisotopic (exact) mass is 411 g/mol. The Bertz CT molecular complexity index is 790. The van der Waals surface area contributed by atoms with Gasteiger partial charge in [-0.05, 0) is 36.4 Å². The quantitative estimate of drug-likeness (QED) is 0.705. The van der Waals surface area contributed by atoms with Crippen molar-refractivity contribution in [3.05, 3.63) is 48.2 Å². The second kappa shape index (κ2) is 8.72. The molecule has 28 heavy (non-hydrogen) atoms. The van der Waals surface area contributed by atoms with Crippen molar-refractivity contribution in [2.45, 2.75) is 11.1 Å². The number of hydrogen-bond acceptors (Lipinski definition) is 5. The van der Waals surface area contributed by atoms with Crippen molar-refractivity contribution in [3.63, 3.8) is 0 Å². The Morgan fingerprint density at radius 2 is 1.79 bits per heavy atom. The summed E-state index contributed by atoms with van der Waals surface area (Å²) in [4.78, 5) is 21.0. The molecule has 0 N–H and O–H groups in total. The van der Waals surface area contributed by atoms with Crippen LogP contribution >= 0.6 is 11.8 Å². The number of halogens is 3. The number of methoxy groups -OCH3 is 1. The molecular formula is C19H20F3N3O2S. The van der Waals surface area contributed by atoms with Crippen LogP contribution in [0.3, 0.4) is 0 Å². The molecule has 9 heteroatoms. The molecule has 0 radical (unpaired) electrons. The van der Waals surface area contributed by atoms with Gasteiger partial charge in [0.1, 0.15) is 11.6 Å². The molecule has 0 saturated carbocycles. The second-order valence-corrected chi connectivity index (χ2v) is 7.28. The average molecular weight is 411 g/mol. The summed E-state index contributed by atoms with van der Waals surface area (Å²) in [6.45, 7) is 2.12. The summed E-state index contributed by atoms with van der Waals surface area (Å²) in [5.74, 6) is 1.64. The summed E-state index contributed by atoms with van der Waals surface area (Å²) >= 11 is 1.46. The second-order valence-electron chi connectivity index (χ2n) is 6.23. The smallest absolute Gasteiger partial charge is 0.417 e. The van der Waals surface area contributed by atoms with E-state index in [2.05, 4.69) is 4.98 Å². The molecule has 1 aliphatic heterocycles. The van der Waals surface area contributed by atoms with Gasteiger partial charge in [-0.25, -0.2) is 4.98 Å². The molecule has 5 nitrogen and oxygen atoms in total. The zero-order valence-electron chi connectivity index (χ0n) is 15.3. The minimum absolute atomic E-state index is 0.0425. The minimum atomic E-state index is -4.39. The van der Waals surface area contributed by atoms with Gasteiger partial charge in [0.25, 0.3) is 0 Å². The number of piperazine rings is 1. The van der Waals surface area contributed by atoms with Crippen molar-refractivity contribution in [2.75, 3.05) is 43.9 Å². The van der Waals surface area contributed by atoms with Crippen LogP contribution in [-0.2, 0) is 11.0 Å². The van der Waals surface area contributed by atoms with Crippen molar-refractivity contribution < 1.29 is 22.7 Å². The third kappa shape index (κ3) is 5.09. The number of hydrogen-bond donors (Lipinski definition) is 0. The SMILES string of the molecule is COc1ccc(SCC(=O)N2CCN(c3ccc(C(F)(F)F)cn3)CC2)cc1. The lowest BCUT2D eigenvalue weighted by Crippen LogP contribution is -2.49. The van der Waals surface area contributed by atoms with Crippen molar-refractivity contribution in [1.82, 2.24) is 9.88 Å². The van der Waals surface area contributed by atoms with Gasteiger partial charge in [-0.3, -0.25) is 4.79 Å². The van der Waals surface area contributed by atoms with Crippen LogP contribution in [-0.4, -0.2) is 54.8 Å². The first-order valence-corrected chi connectivity index (χ1v) is 9.68. The van der Waals surface area contributed by atoms with Crippen molar-refractivity contribution in [3.8, 4) is 5.75 Å². The fourth-order valence-corrected chi connectivity index (χ4v) is 3.64. The fourth-order valence-electron chi connectivity index (χ4n) is 2.83. The lowest BCUT2D eigenvalue weighted by atomic mass is 10.2. The van der Waals surface area contributed by atoms with Crippen LogP contribution in [0.1, 0.15) is 5.56 Å². The first kappa shape index (κ1) is 20.3. The number of nitrogens with zero attached hydrogens (tertiary/aromatic N) is 3. The number of rotatable bonds is 5. The zero-order valence-corrected chi connectivity index (χ0v) is 16.1. The molecular weight excluding hydrogens is 391 g/mol. The van der Waals surface area contributed by atoms with E-state index in [4.69, 9.17) is 4.74 Å². The number of alkyl halides is 3. The molecule has 1 aliphatic rings. The van der Waals surface area contributed by atoms with Gasteiger partial charge in [0.05, 0.1) is 18.4 Å². The number of thioether (sulfide) groups is 1. The maximum Gasteiger partial charge on any atom is 0.417 e. The Hall–Kier alpha value is -2.42. The summed E-state index contributed by atoms with van der Waals surface area (Å²) in [6.07, 6.45) is -3.55. The number of ether oxygens (including phenoxy) is 1. The molecule has 1 saturated heterocycles. The first-order valence-electron chi connectivity index (χ1n) is 8.69. The topological polar surface area (TPSA) is 45.7 Å². The molecule has 0 bridgehead atoms. The maximum absolute atomic E-state index is 12.6. The molecule has 0 aliphatic carbocycles. The van der Waals surface area contributed by atoms with Gasteiger partial charge >= 0.3 is 6.18 Å². The summed E-state index contributed by atoms with van der Waals surface area (Å²) in [5, 5.41) is 0. The first-order chi connectivity index (χ1) is 13.4. The Morgan fingerprint density at radius 3 is 2.32 bits per heavy atom. The highest BCUT2D eigenvalue weighted by Crippen LogP contribution is 2.29. The summed E-state index contributed by atoms with van der Waals surface area (Å²) < 4.78 is 43.0. The van der Waals surface area contributed by atoms with Gasteiger partial charge in [0.15, 0.2) is 0 Å². The van der Waals surface area contributed by atoms with Crippen LogP contribution < -0.4 is 9.64 Å². The summed E-state index contributed by atoms with van der Waals surface area (Å²) in [7, 11) is 1.60. The normalized spacial score (nSPS) is 14.9. The number of carbonyl (C=O) groups excluding carboxylic acids is 1. The third-order valence-corrected chi connectivity index (χ3v) is 5.45. The van der Waals surface area contributed by atoms with Gasteiger partial charge in [0, 0.05) is 37.3 Å². The number of anilines is 1. The fraction of sp³-hybridized carbons (Fsp3) is 0.368. The lowest BCUT2D eigenvalue weighted by molar-refractivity contribution is -0.137. The van der Waals surface area contributed by atoms with E-state index in [9.17, 15) is 18.0 Å². The van der Waals surface area contributed by atoms with Crippen LogP contribution in [0.4, 0.5) is 19.0 Å². The number of amides is 1. The van der Waals surface area contributed by atoms with Crippen molar-refractivity contribution >= 4 is 23.5 Å². The zero-order chi connectivity index (χ0) is 20.1. The number of carbonyl (C=O) groups is 1. The highest BCUT2D eigenvalue weighted by atomic mass is 32.2. The van der Waals surface area contributed by atoms with Crippen molar-refractivity contribution in [1.29, 1.82) is 0 Å². The van der Waals surface area contributed by atoms with Crippen LogP contribution in [0.5, 0.6) is 5.75 Å². The molecule has 0 atom stereocenters. The van der Waals surface area contributed by atoms with Crippen LogP contribution in [0.25, 0.3) is 0 Å². The molecule has 150 valence electrons. The van der Waals surface area contributed by atoms with Crippen LogP contribution in [0, 0.1) is 0 Å². The molecule has 2 heterocycles. The van der Waals surface area contributed by atoms with E-state index in [0.717, 1.165) is 22.9 Å². The molecule has 2 aromatic rings. The predicted octanol–water partition coefficient (Wildman–Crippen LogP) is 3.55. The molecule has 1 amide bonds.